The van der Waals surface area contributed by atoms with E-state index in [4.69, 9.17) is 27.0 Å². The number of alkyl carbamates (subject to hydrolysis) is 1. The molecule has 0 saturated heterocycles. The third-order valence-electron chi connectivity index (χ3n) is 3.13. The van der Waals surface area contributed by atoms with E-state index in [1.807, 2.05) is 6.07 Å². The number of nitriles is 1. The highest BCUT2D eigenvalue weighted by atomic mass is 79.9. The Kier molecular flexibility index (Phi) is 5.87. The van der Waals surface area contributed by atoms with Gasteiger partial charge in [0.2, 0.25) is 0 Å². The van der Waals surface area contributed by atoms with Crippen molar-refractivity contribution in [2.45, 2.75) is 26.1 Å². The first-order valence-electron chi connectivity index (χ1n) is 6.72. The van der Waals surface area contributed by atoms with E-state index in [0.29, 0.717) is 11.1 Å². The Morgan fingerprint density at radius 3 is 3.09 bits per heavy atom. The number of anilines is 1. The van der Waals surface area contributed by atoms with Gasteiger partial charge in [0.1, 0.15) is 0 Å². The molecule has 0 bridgehead atoms. The molecule has 1 aliphatic rings. The molecule has 1 heterocycles. The molecular weight excluding hydrogens is 389 g/mol. The lowest BCUT2D eigenvalue weighted by atomic mass is 10.0. The van der Waals surface area contributed by atoms with Crippen LogP contribution in [0.2, 0.25) is 0 Å². The number of benzene rings is 1. The van der Waals surface area contributed by atoms with Crippen molar-refractivity contribution in [1.29, 1.82) is 5.26 Å². The van der Waals surface area contributed by atoms with Gasteiger partial charge in [0, 0.05) is 5.56 Å². The molecule has 122 valence electrons. The van der Waals surface area contributed by atoms with Gasteiger partial charge in [0.05, 0.1) is 42.0 Å². The summed E-state index contributed by atoms with van der Waals surface area (Å²) in [5.74, 6) is -0.557. The summed E-state index contributed by atoms with van der Waals surface area (Å²) in [6.45, 7) is 2.08. The zero-order valence-corrected chi connectivity index (χ0v) is 14.5. The van der Waals surface area contributed by atoms with Gasteiger partial charge in [-0.1, -0.05) is 0 Å². The number of hydrogen-bond donors (Lipinski definition) is 2. The molecule has 1 amide bonds. The van der Waals surface area contributed by atoms with Crippen LogP contribution in [-0.2, 0) is 16.1 Å². The van der Waals surface area contributed by atoms with E-state index in [9.17, 15) is 9.18 Å². The highest BCUT2D eigenvalue weighted by molar-refractivity contribution is 9.10. The lowest BCUT2D eigenvalue weighted by Crippen LogP contribution is -2.34. The number of halogens is 2. The standard InChI is InChI=1S/C14H13BrFN3O3S/c1-2-21-14(20)19-13(23)18-9-5-7-8(11(15)12(9)16)6-22-10(7)3-4-17/h5,10H,2-3,6H2,1H3,(H2,18,19,20,23). The minimum atomic E-state index is -0.726. The third kappa shape index (κ3) is 3.96. The van der Waals surface area contributed by atoms with Gasteiger partial charge in [-0.25, -0.2) is 9.18 Å². The zero-order chi connectivity index (χ0) is 17.0. The molecule has 6 nitrogen and oxygen atoms in total. The molecule has 1 aliphatic heterocycles. The fourth-order valence-electron chi connectivity index (χ4n) is 2.15. The second-order valence-electron chi connectivity index (χ2n) is 4.58. The van der Waals surface area contributed by atoms with E-state index in [2.05, 4.69) is 26.6 Å². The molecule has 1 unspecified atom stereocenters. The molecule has 0 aliphatic carbocycles. The van der Waals surface area contributed by atoms with Crippen molar-refractivity contribution in [3.8, 4) is 6.07 Å². The van der Waals surface area contributed by atoms with Crippen LogP contribution < -0.4 is 10.6 Å². The molecule has 1 aromatic carbocycles. The van der Waals surface area contributed by atoms with Crippen LogP contribution in [0.25, 0.3) is 0 Å². The van der Waals surface area contributed by atoms with Crippen LogP contribution in [0, 0.1) is 17.1 Å². The van der Waals surface area contributed by atoms with Crippen LogP contribution >= 0.6 is 28.1 Å². The Morgan fingerprint density at radius 2 is 2.43 bits per heavy atom. The van der Waals surface area contributed by atoms with Crippen LogP contribution in [0.3, 0.4) is 0 Å². The van der Waals surface area contributed by atoms with Gasteiger partial charge in [0.25, 0.3) is 0 Å². The fourth-order valence-corrected chi connectivity index (χ4v) is 2.90. The average molecular weight is 402 g/mol. The number of fused-ring (bicyclic) bond motifs is 1. The molecule has 1 atom stereocenters. The molecular formula is C14H13BrFN3O3S. The first-order chi connectivity index (χ1) is 11.0. The number of carbonyl (C=O) groups is 1. The summed E-state index contributed by atoms with van der Waals surface area (Å²) in [6.07, 6.45) is -0.980. The molecule has 2 N–H and O–H groups in total. The topological polar surface area (TPSA) is 83.4 Å². The lowest BCUT2D eigenvalue weighted by molar-refractivity contribution is 0.0694. The van der Waals surface area contributed by atoms with E-state index < -0.39 is 18.0 Å². The monoisotopic (exact) mass is 401 g/mol. The first-order valence-corrected chi connectivity index (χ1v) is 7.92. The molecule has 1 aromatic rings. The van der Waals surface area contributed by atoms with Crippen molar-refractivity contribution in [3.63, 3.8) is 0 Å². The smallest absolute Gasteiger partial charge is 0.413 e. The number of hydrogen-bond acceptors (Lipinski definition) is 5. The lowest BCUT2D eigenvalue weighted by Gasteiger charge is -2.14. The van der Waals surface area contributed by atoms with Crippen molar-refractivity contribution in [1.82, 2.24) is 5.32 Å². The van der Waals surface area contributed by atoms with E-state index >= 15 is 0 Å². The Hall–Kier alpha value is -1.76. The Bertz CT molecular complexity index is 693. The summed E-state index contributed by atoms with van der Waals surface area (Å²) in [7, 11) is 0. The minimum absolute atomic E-state index is 0.0749. The van der Waals surface area contributed by atoms with Crippen LogP contribution in [0.15, 0.2) is 10.5 Å². The molecule has 0 spiro atoms. The van der Waals surface area contributed by atoms with E-state index in [-0.39, 0.29) is 34.9 Å². The number of amides is 1. The molecule has 0 saturated carbocycles. The molecule has 23 heavy (non-hydrogen) atoms. The van der Waals surface area contributed by atoms with Crippen LogP contribution in [0.5, 0.6) is 0 Å². The number of thiocarbonyl (C=S) groups is 1. The van der Waals surface area contributed by atoms with Gasteiger partial charge in [-0.05, 0) is 46.7 Å². The SMILES string of the molecule is CCOC(=O)NC(=S)Nc1cc2c(c(Br)c1F)COC2CC#N. The Morgan fingerprint density at radius 1 is 1.70 bits per heavy atom. The summed E-state index contributed by atoms with van der Waals surface area (Å²) in [6, 6.07) is 3.56. The highest BCUT2D eigenvalue weighted by Crippen LogP contribution is 2.41. The minimum Gasteiger partial charge on any atom is -0.450 e. The molecule has 2 rings (SSSR count). The largest absolute Gasteiger partial charge is 0.450 e. The maximum atomic E-state index is 14.4. The van der Waals surface area contributed by atoms with Crippen molar-refractivity contribution in [2.75, 3.05) is 11.9 Å². The Labute approximate surface area is 146 Å². The number of nitrogens with one attached hydrogen (secondary N) is 2. The maximum Gasteiger partial charge on any atom is 0.413 e. The van der Waals surface area contributed by atoms with E-state index in [0.717, 1.165) is 0 Å². The quantitative estimate of drug-likeness (QED) is 0.753. The van der Waals surface area contributed by atoms with Crippen LogP contribution in [-0.4, -0.2) is 17.8 Å². The number of nitrogens with zero attached hydrogens (tertiary/aromatic N) is 1. The average Bonchev–Trinajstić information content (AvgIpc) is 2.88. The predicted molar refractivity (Wildman–Crippen MR) is 88.2 cm³/mol. The second-order valence-corrected chi connectivity index (χ2v) is 5.78. The summed E-state index contributed by atoms with van der Waals surface area (Å²) in [5.41, 5.74) is 1.45. The number of carbonyl (C=O) groups excluding carboxylic acids is 1. The third-order valence-corrected chi connectivity index (χ3v) is 4.16. The summed E-state index contributed by atoms with van der Waals surface area (Å²) < 4.78 is 24.8. The first kappa shape index (κ1) is 17.6. The van der Waals surface area contributed by atoms with Gasteiger partial charge in [0.15, 0.2) is 10.9 Å². The number of ether oxygens (including phenoxy) is 2. The normalized spacial score (nSPS) is 15.5. The van der Waals surface area contributed by atoms with Gasteiger partial charge < -0.3 is 14.8 Å². The van der Waals surface area contributed by atoms with E-state index in [1.165, 1.54) is 6.07 Å². The maximum absolute atomic E-state index is 14.4. The summed E-state index contributed by atoms with van der Waals surface area (Å²) >= 11 is 8.14. The molecule has 0 fully saturated rings. The van der Waals surface area contributed by atoms with Gasteiger partial charge in [-0.3, -0.25) is 5.32 Å². The van der Waals surface area contributed by atoms with Crippen molar-refractivity contribution < 1.29 is 18.7 Å². The second kappa shape index (κ2) is 7.68. The van der Waals surface area contributed by atoms with Crippen molar-refractivity contribution in [2.24, 2.45) is 0 Å². The van der Waals surface area contributed by atoms with Crippen LogP contribution in [0.4, 0.5) is 14.9 Å². The van der Waals surface area contributed by atoms with Crippen LogP contribution in [0.1, 0.15) is 30.6 Å². The molecule has 9 heteroatoms. The predicted octanol–water partition coefficient (Wildman–Crippen LogP) is 3.52. The number of rotatable bonds is 3. The fraction of sp³-hybridized carbons (Fsp3) is 0.357. The van der Waals surface area contributed by atoms with Gasteiger partial charge in [-0.15, -0.1) is 0 Å². The summed E-state index contributed by atoms with van der Waals surface area (Å²) in [4.78, 5) is 11.3. The van der Waals surface area contributed by atoms with Crippen molar-refractivity contribution in [3.05, 3.63) is 27.5 Å². The van der Waals surface area contributed by atoms with E-state index in [1.54, 1.807) is 6.92 Å². The van der Waals surface area contributed by atoms with Gasteiger partial charge in [-0.2, -0.15) is 5.26 Å². The molecule has 0 radical (unpaired) electrons. The summed E-state index contributed by atoms with van der Waals surface area (Å²) in [5, 5.41) is 13.6. The molecule has 0 aromatic heterocycles. The zero-order valence-electron chi connectivity index (χ0n) is 12.1. The highest BCUT2D eigenvalue weighted by Gasteiger charge is 2.28. The Balaban J connectivity index is 2.22. The van der Waals surface area contributed by atoms with Gasteiger partial charge >= 0.3 is 6.09 Å². The van der Waals surface area contributed by atoms with Crippen molar-refractivity contribution >= 4 is 45.0 Å².